The third kappa shape index (κ3) is 3.12. The molecule has 0 unspecified atom stereocenters. The van der Waals surface area contributed by atoms with Crippen molar-refractivity contribution >= 4 is 17.6 Å². The number of hydrogen-bond acceptors (Lipinski definition) is 6. The zero-order chi connectivity index (χ0) is 14.7. The van der Waals surface area contributed by atoms with E-state index in [-0.39, 0.29) is 11.9 Å². The number of rotatable bonds is 3. The fourth-order valence-electron chi connectivity index (χ4n) is 2.41. The Hall–Kier alpha value is -1.98. The van der Waals surface area contributed by atoms with E-state index in [0.29, 0.717) is 30.1 Å². The molecule has 108 valence electrons. The number of carbonyl (C=O) groups is 2. The van der Waals surface area contributed by atoms with Crippen LogP contribution in [0.5, 0.6) is 0 Å². The van der Waals surface area contributed by atoms with Crippen molar-refractivity contribution in [2.24, 2.45) is 0 Å². The predicted molar refractivity (Wildman–Crippen MR) is 73.8 cm³/mol. The third-order valence-electron chi connectivity index (χ3n) is 3.63. The topological polar surface area (TPSA) is 72.4 Å². The number of aromatic nitrogens is 2. The monoisotopic (exact) mass is 277 g/mol. The van der Waals surface area contributed by atoms with Crippen LogP contribution in [0.1, 0.15) is 42.0 Å². The molecular formula is C14H19N3O3. The smallest absolute Gasteiger partial charge is 0.376 e. The van der Waals surface area contributed by atoms with Crippen LogP contribution in [0, 0.1) is 6.92 Å². The minimum Gasteiger partial charge on any atom is -0.463 e. The highest BCUT2D eigenvalue weighted by atomic mass is 16.5. The lowest BCUT2D eigenvalue weighted by Gasteiger charge is -2.31. The van der Waals surface area contributed by atoms with Crippen molar-refractivity contribution in [1.82, 2.24) is 9.97 Å². The summed E-state index contributed by atoms with van der Waals surface area (Å²) in [7, 11) is 3.24. The van der Waals surface area contributed by atoms with Gasteiger partial charge in [-0.15, -0.1) is 0 Å². The summed E-state index contributed by atoms with van der Waals surface area (Å²) in [6.45, 7) is 1.82. The molecule has 2 rings (SSSR count). The lowest BCUT2D eigenvalue weighted by molar-refractivity contribution is -0.120. The van der Waals surface area contributed by atoms with Crippen LogP contribution in [0.3, 0.4) is 0 Å². The van der Waals surface area contributed by atoms with E-state index in [2.05, 4.69) is 14.7 Å². The summed E-state index contributed by atoms with van der Waals surface area (Å²) in [4.78, 5) is 33.2. The highest BCUT2D eigenvalue weighted by molar-refractivity contribution is 5.85. The molecule has 1 heterocycles. The first-order chi connectivity index (χ1) is 9.51. The first-order valence-corrected chi connectivity index (χ1v) is 6.70. The molecule has 0 saturated heterocycles. The van der Waals surface area contributed by atoms with Crippen molar-refractivity contribution in [2.75, 3.05) is 19.1 Å². The van der Waals surface area contributed by atoms with E-state index in [1.807, 2.05) is 24.9 Å². The number of anilines is 1. The minimum atomic E-state index is -0.540. The van der Waals surface area contributed by atoms with Gasteiger partial charge in [-0.3, -0.25) is 4.79 Å². The molecular weight excluding hydrogens is 258 g/mol. The molecule has 6 nitrogen and oxygen atoms in total. The van der Waals surface area contributed by atoms with Crippen LogP contribution >= 0.6 is 0 Å². The van der Waals surface area contributed by atoms with Gasteiger partial charge in [0.25, 0.3) is 0 Å². The Kier molecular flexibility index (Phi) is 4.32. The van der Waals surface area contributed by atoms with Crippen LogP contribution in [0.2, 0.25) is 0 Å². The number of hydrogen-bond donors (Lipinski definition) is 0. The van der Waals surface area contributed by atoms with Crippen molar-refractivity contribution in [3.63, 3.8) is 0 Å². The number of aryl methyl sites for hydroxylation is 1. The van der Waals surface area contributed by atoms with E-state index in [1.165, 1.54) is 7.11 Å². The molecule has 20 heavy (non-hydrogen) atoms. The quantitative estimate of drug-likeness (QED) is 0.780. The van der Waals surface area contributed by atoms with Gasteiger partial charge in [-0.2, -0.15) is 0 Å². The van der Waals surface area contributed by atoms with Gasteiger partial charge in [0.2, 0.25) is 5.82 Å². The number of nitrogens with zero attached hydrogens (tertiary/aromatic N) is 3. The second-order valence-corrected chi connectivity index (χ2v) is 5.06. The number of ether oxygens (including phenoxy) is 1. The summed E-state index contributed by atoms with van der Waals surface area (Å²) in [6.07, 6.45) is 2.88. The molecule has 1 aliphatic carbocycles. The molecule has 1 aromatic rings. The molecule has 0 radical (unpaired) electrons. The Labute approximate surface area is 118 Å². The molecule has 6 heteroatoms. The lowest BCUT2D eigenvalue weighted by Crippen LogP contribution is -2.36. The number of esters is 1. The Morgan fingerprint density at radius 1 is 1.35 bits per heavy atom. The largest absolute Gasteiger partial charge is 0.463 e. The predicted octanol–water partition coefficient (Wildman–Crippen LogP) is 1.52. The maximum Gasteiger partial charge on any atom is 0.376 e. The fourth-order valence-corrected chi connectivity index (χ4v) is 2.41. The second kappa shape index (κ2) is 5.98. The van der Waals surface area contributed by atoms with Crippen LogP contribution < -0.4 is 4.90 Å². The zero-order valence-electron chi connectivity index (χ0n) is 12.0. The van der Waals surface area contributed by atoms with Crippen molar-refractivity contribution in [3.8, 4) is 0 Å². The van der Waals surface area contributed by atoms with Gasteiger partial charge < -0.3 is 9.64 Å². The average molecular weight is 277 g/mol. The van der Waals surface area contributed by atoms with E-state index >= 15 is 0 Å². The standard InChI is InChI=1S/C14H19N3O3/c1-9-8-12(16-13(15-9)14(19)20-3)17(2)10-4-6-11(18)7-5-10/h8,10H,4-7H2,1-3H3. The Morgan fingerprint density at radius 2 is 2.00 bits per heavy atom. The highest BCUT2D eigenvalue weighted by Gasteiger charge is 2.24. The van der Waals surface area contributed by atoms with Gasteiger partial charge in [0.05, 0.1) is 7.11 Å². The van der Waals surface area contributed by atoms with E-state index in [1.54, 1.807) is 0 Å². The van der Waals surface area contributed by atoms with E-state index in [9.17, 15) is 9.59 Å². The maximum atomic E-state index is 11.5. The number of carbonyl (C=O) groups excluding carboxylic acids is 2. The molecule has 0 atom stereocenters. The molecule has 1 aliphatic rings. The van der Waals surface area contributed by atoms with Crippen LogP contribution in [-0.4, -0.2) is 41.9 Å². The van der Waals surface area contributed by atoms with Crippen molar-refractivity contribution in [2.45, 2.75) is 38.6 Å². The van der Waals surface area contributed by atoms with Gasteiger partial charge in [0.15, 0.2) is 0 Å². The number of Topliss-reactive ketones (excluding diaryl/α,β-unsaturated/α-hetero) is 1. The summed E-state index contributed by atoms with van der Waals surface area (Å²) >= 11 is 0. The molecule has 0 bridgehead atoms. The van der Waals surface area contributed by atoms with Crippen molar-refractivity contribution < 1.29 is 14.3 Å². The van der Waals surface area contributed by atoms with Gasteiger partial charge in [0, 0.05) is 37.7 Å². The van der Waals surface area contributed by atoms with Gasteiger partial charge in [-0.05, 0) is 19.8 Å². The fraction of sp³-hybridized carbons (Fsp3) is 0.571. The SMILES string of the molecule is COC(=O)c1nc(C)cc(N(C)C2CCC(=O)CC2)n1. The van der Waals surface area contributed by atoms with E-state index in [0.717, 1.165) is 12.8 Å². The molecule has 1 aromatic heterocycles. The third-order valence-corrected chi connectivity index (χ3v) is 3.63. The first-order valence-electron chi connectivity index (χ1n) is 6.70. The molecule has 1 fully saturated rings. The normalized spacial score (nSPS) is 16.1. The zero-order valence-corrected chi connectivity index (χ0v) is 12.0. The number of ketones is 1. The summed E-state index contributed by atoms with van der Waals surface area (Å²) in [6, 6.07) is 2.11. The Bertz CT molecular complexity index is 520. The molecule has 1 saturated carbocycles. The maximum absolute atomic E-state index is 11.5. The average Bonchev–Trinajstić information content (AvgIpc) is 2.45. The van der Waals surface area contributed by atoms with Crippen LogP contribution in [0.15, 0.2) is 6.07 Å². The lowest BCUT2D eigenvalue weighted by atomic mass is 9.93. The van der Waals surface area contributed by atoms with Gasteiger partial charge in [0.1, 0.15) is 11.6 Å². The van der Waals surface area contributed by atoms with Crippen molar-refractivity contribution in [3.05, 3.63) is 17.6 Å². The molecule has 0 N–H and O–H groups in total. The summed E-state index contributed by atoms with van der Waals surface area (Å²) in [5.74, 6) is 0.546. The van der Waals surface area contributed by atoms with Gasteiger partial charge in [-0.25, -0.2) is 14.8 Å². The summed E-state index contributed by atoms with van der Waals surface area (Å²) < 4.78 is 4.66. The van der Waals surface area contributed by atoms with Gasteiger partial charge in [-0.1, -0.05) is 0 Å². The summed E-state index contributed by atoms with van der Waals surface area (Å²) in [5, 5.41) is 0. The highest BCUT2D eigenvalue weighted by Crippen LogP contribution is 2.23. The molecule has 0 aromatic carbocycles. The van der Waals surface area contributed by atoms with Crippen LogP contribution in [0.4, 0.5) is 5.82 Å². The van der Waals surface area contributed by atoms with Crippen molar-refractivity contribution in [1.29, 1.82) is 0 Å². The van der Waals surface area contributed by atoms with E-state index in [4.69, 9.17) is 0 Å². The molecule has 0 aliphatic heterocycles. The Morgan fingerprint density at radius 3 is 2.60 bits per heavy atom. The van der Waals surface area contributed by atoms with Gasteiger partial charge >= 0.3 is 5.97 Å². The van der Waals surface area contributed by atoms with Crippen LogP contribution in [-0.2, 0) is 9.53 Å². The Balaban J connectivity index is 2.21. The number of methoxy groups -OCH3 is 1. The van der Waals surface area contributed by atoms with E-state index < -0.39 is 5.97 Å². The van der Waals surface area contributed by atoms with Crippen LogP contribution in [0.25, 0.3) is 0 Å². The summed E-state index contributed by atoms with van der Waals surface area (Å²) in [5.41, 5.74) is 0.717. The molecule has 0 spiro atoms. The second-order valence-electron chi connectivity index (χ2n) is 5.06. The minimum absolute atomic E-state index is 0.0706. The molecule has 0 amide bonds. The first kappa shape index (κ1) is 14.4.